The molecule has 0 spiro atoms. The molecular weight excluding hydrogens is 477 g/mol. The van der Waals surface area contributed by atoms with E-state index >= 15 is 0 Å². The first-order valence-corrected chi connectivity index (χ1v) is 12.0. The van der Waals surface area contributed by atoms with Gasteiger partial charge in [0.2, 0.25) is 0 Å². The molecule has 182 valence electrons. The minimum Gasteiger partial charge on any atom is -0.364 e. The fourth-order valence-corrected chi connectivity index (χ4v) is 4.85. The molecule has 3 heterocycles. The third kappa shape index (κ3) is 6.31. The fraction of sp³-hybridized carbons (Fsp3) is 0.320. The third-order valence-corrected chi connectivity index (χ3v) is 6.84. The Labute approximate surface area is 204 Å². The summed E-state index contributed by atoms with van der Waals surface area (Å²) in [5.74, 6) is 2.93. The van der Waals surface area contributed by atoms with Crippen LogP contribution in [0.2, 0.25) is 0 Å². The number of nitrogens with one attached hydrogen (secondary N) is 2. The summed E-state index contributed by atoms with van der Waals surface area (Å²) in [6, 6.07) is 12.1. The van der Waals surface area contributed by atoms with Crippen LogP contribution in [0.15, 0.2) is 54.0 Å². The largest absolute Gasteiger partial charge is 0.398 e. The van der Waals surface area contributed by atoms with E-state index in [-0.39, 0.29) is 23.2 Å². The van der Waals surface area contributed by atoms with Gasteiger partial charge in [0, 0.05) is 54.3 Å². The van der Waals surface area contributed by atoms with E-state index in [9.17, 15) is 22.8 Å². The Kier molecular flexibility index (Phi) is 7.56. The Bertz CT molecular complexity index is 1200. The van der Waals surface area contributed by atoms with E-state index in [1.807, 2.05) is 30.3 Å². The molecule has 2 aromatic heterocycles. The molecular formula is C25H23F3N4O2S. The summed E-state index contributed by atoms with van der Waals surface area (Å²) in [7, 11) is 0. The van der Waals surface area contributed by atoms with Gasteiger partial charge in [-0.25, -0.2) is 4.98 Å². The Morgan fingerprint density at radius 1 is 1.17 bits per heavy atom. The molecule has 10 heteroatoms. The molecule has 0 bridgehead atoms. The lowest BCUT2D eigenvalue weighted by atomic mass is 9.97. The molecule has 1 fully saturated rings. The van der Waals surface area contributed by atoms with Crippen LogP contribution in [0.1, 0.15) is 51.4 Å². The number of amides is 2. The Morgan fingerprint density at radius 2 is 1.91 bits per heavy atom. The number of piperidine rings is 1. The zero-order valence-electron chi connectivity index (χ0n) is 18.6. The van der Waals surface area contributed by atoms with Crippen molar-refractivity contribution in [3.8, 4) is 11.8 Å². The lowest BCUT2D eigenvalue weighted by Crippen LogP contribution is -2.37. The number of benzene rings is 1. The van der Waals surface area contributed by atoms with Crippen LogP contribution in [-0.2, 0) is 4.79 Å². The maximum absolute atomic E-state index is 13.4. The smallest absolute Gasteiger partial charge is 0.364 e. The number of carbonyl (C=O) groups is 2. The van der Waals surface area contributed by atoms with Crippen molar-refractivity contribution in [2.24, 2.45) is 0 Å². The van der Waals surface area contributed by atoms with Crippen LogP contribution in [0.3, 0.4) is 0 Å². The molecule has 1 saturated heterocycles. The molecule has 1 aromatic carbocycles. The van der Waals surface area contributed by atoms with Gasteiger partial charge in [-0.05, 0) is 37.1 Å². The SMILES string of the molecule is O=C(NCC(c1ccc[nH]1)C(F)(F)F)c1csc(C2CCN(C(=O)C#Cc3ccccc3)CC2)n1. The number of aromatic nitrogens is 2. The number of hydrogen-bond acceptors (Lipinski definition) is 4. The van der Waals surface area contributed by atoms with E-state index in [0.717, 1.165) is 10.6 Å². The van der Waals surface area contributed by atoms with Gasteiger partial charge in [-0.1, -0.05) is 24.1 Å². The zero-order chi connectivity index (χ0) is 24.8. The Balaban J connectivity index is 1.30. The highest BCUT2D eigenvalue weighted by molar-refractivity contribution is 7.09. The maximum Gasteiger partial charge on any atom is 0.398 e. The van der Waals surface area contributed by atoms with Crippen LogP contribution in [-0.4, -0.2) is 52.5 Å². The van der Waals surface area contributed by atoms with Gasteiger partial charge in [0.05, 0.1) is 5.01 Å². The predicted molar refractivity (Wildman–Crippen MR) is 126 cm³/mol. The van der Waals surface area contributed by atoms with E-state index in [1.165, 1.54) is 29.7 Å². The van der Waals surface area contributed by atoms with Crippen molar-refractivity contribution < 1.29 is 22.8 Å². The normalized spacial score (nSPS) is 15.2. The molecule has 4 rings (SSSR count). The summed E-state index contributed by atoms with van der Waals surface area (Å²) in [4.78, 5) is 33.5. The molecule has 3 aromatic rings. The van der Waals surface area contributed by atoms with Crippen LogP contribution in [0, 0.1) is 11.8 Å². The summed E-state index contributed by atoms with van der Waals surface area (Å²) in [6.07, 6.45) is -1.73. The second-order valence-corrected chi connectivity index (χ2v) is 9.07. The number of thiazole rings is 1. The molecule has 1 aliphatic heterocycles. The Morgan fingerprint density at radius 3 is 2.57 bits per heavy atom. The van der Waals surface area contributed by atoms with Gasteiger partial charge >= 0.3 is 6.18 Å². The highest BCUT2D eigenvalue weighted by Crippen LogP contribution is 2.34. The second kappa shape index (κ2) is 10.8. The molecule has 1 atom stereocenters. The summed E-state index contributed by atoms with van der Waals surface area (Å²) < 4.78 is 40.2. The number of nitrogens with zero attached hydrogens (tertiary/aromatic N) is 2. The average Bonchev–Trinajstić information content (AvgIpc) is 3.55. The number of halogens is 3. The van der Waals surface area contributed by atoms with Gasteiger partial charge in [0.25, 0.3) is 11.8 Å². The van der Waals surface area contributed by atoms with Crippen LogP contribution in [0.4, 0.5) is 13.2 Å². The summed E-state index contributed by atoms with van der Waals surface area (Å²) in [5, 5.41) is 4.66. The van der Waals surface area contributed by atoms with Crippen molar-refractivity contribution >= 4 is 23.2 Å². The fourth-order valence-electron chi connectivity index (χ4n) is 3.88. The number of alkyl halides is 3. The monoisotopic (exact) mass is 500 g/mol. The lowest BCUT2D eigenvalue weighted by molar-refractivity contribution is -0.149. The first-order valence-electron chi connectivity index (χ1n) is 11.1. The van der Waals surface area contributed by atoms with Crippen LogP contribution in [0.25, 0.3) is 0 Å². The molecule has 1 aliphatic rings. The van der Waals surface area contributed by atoms with Crippen molar-refractivity contribution in [2.75, 3.05) is 19.6 Å². The van der Waals surface area contributed by atoms with E-state index in [4.69, 9.17) is 0 Å². The molecule has 1 unspecified atom stereocenters. The highest BCUT2D eigenvalue weighted by atomic mass is 32.1. The van der Waals surface area contributed by atoms with Gasteiger partial charge in [0.15, 0.2) is 0 Å². The van der Waals surface area contributed by atoms with Crippen LogP contribution < -0.4 is 5.32 Å². The number of carbonyl (C=O) groups excluding carboxylic acids is 2. The van der Waals surface area contributed by atoms with Crippen molar-refractivity contribution in [1.29, 1.82) is 0 Å². The maximum atomic E-state index is 13.4. The minimum absolute atomic E-state index is 0.00784. The van der Waals surface area contributed by atoms with Crippen molar-refractivity contribution in [3.63, 3.8) is 0 Å². The summed E-state index contributed by atoms with van der Waals surface area (Å²) >= 11 is 1.31. The van der Waals surface area contributed by atoms with Crippen LogP contribution >= 0.6 is 11.3 Å². The van der Waals surface area contributed by atoms with E-state index in [1.54, 1.807) is 10.3 Å². The number of H-pyrrole nitrogens is 1. The van der Waals surface area contributed by atoms with Gasteiger partial charge in [-0.15, -0.1) is 11.3 Å². The van der Waals surface area contributed by atoms with E-state index < -0.39 is 24.5 Å². The molecule has 6 nitrogen and oxygen atoms in total. The molecule has 0 saturated carbocycles. The minimum atomic E-state index is -4.50. The number of aromatic amines is 1. The highest BCUT2D eigenvalue weighted by Gasteiger charge is 2.41. The second-order valence-electron chi connectivity index (χ2n) is 8.18. The lowest BCUT2D eigenvalue weighted by Gasteiger charge is -2.29. The molecule has 0 radical (unpaired) electrons. The molecule has 35 heavy (non-hydrogen) atoms. The van der Waals surface area contributed by atoms with Gasteiger partial charge in [-0.3, -0.25) is 9.59 Å². The van der Waals surface area contributed by atoms with Crippen molar-refractivity contribution in [1.82, 2.24) is 20.2 Å². The number of likely N-dealkylation sites (tertiary alicyclic amines) is 1. The zero-order valence-corrected chi connectivity index (χ0v) is 19.5. The summed E-state index contributed by atoms with van der Waals surface area (Å²) in [5.41, 5.74) is 0.870. The van der Waals surface area contributed by atoms with E-state index in [2.05, 4.69) is 27.1 Å². The standard InChI is InChI=1S/C25H23F3N4O2S/c26-25(27,28)19(20-7-4-12-29-20)15-30-23(34)21-16-35-24(31-21)18-10-13-32(14-11-18)22(33)9-8-17-5-2-1-3-6-17/h1-7,12,16,18-19,29H,10-11,13-15H2,(H,30,34). The quantitative estimate of drug-likeness (QED) is 0.513. The molecule has 0 aliphatic carbocycles. The third-order valence-electron chi connectivity index (χ3n) is 5.83. The first-order chi connectivity index (χ1) is 16.8. The summed E-state index contributed by atoms with van der Waals surface area (Å²) in [6.45, 7) is 0.467. The molecule has 2 amide bonds. The Hall–Kier alpha value is -3.58. The van der Waals surface area contributed by atoms with Crippen molar-refractivity contribution in [2.45, 2.75) is 30.9 Å². The molecule has 2 N–H and O–H groups in total. The van der Waals surface area contributed by atoms with E-state index in [0.29, 0.717) is 25.9 Å². The van der Waals surface area contributed by atoms with Gasteiger partial charge in [-0.2, -0.15) is 13.2 Å². The predicted octanol–water partition coefficient (Wildman–Crippen LogP) is 4.30. The topological polar surface area (TPSA) is 78.1 Å². The number of rotatable bonds is 5. The van der Waals surface area contributed by atoms with Crippen LogP contribution in [0.5, 0.6) is 0 Å². The first kappa shape index (κ1) is 24.5. The average molecular weight is 501 g/mol. The van der Waals surface area contributed by atoms with Gasteiger partial charge in [0.1, 0.15) is 11.6 Å². The van der Waals surface area contributed by atoms with Crippen molar-refractivity contribution in [3.05, 3.63) is 76.0 Å². The van der Waals surface area contributed by atoms with Gasteiger partial charge < -0.3 is 15.2 Å². The number of hydrogen-bond donors (Lipinski definition) is 2.